The molecule has 0 radical (unpaired) electrons. The maximum absolute atomic E-state index is 5.91. The average molecular weight is 264 g/mol. The van der Waals surface area contributed by atoms with Gasteiger partial charge in [0.25, 0.3) is 0 Å². The van der Waals surface area contributed by atoms with Crippen molar-refractivity contribution in [2.24, 2.45) is 7.05 Å². The summed E-state index contributed by atoms with van der Waals surface area (Å²) in [4.78, 5) is 0. The van der Waals surface area contributed by atoms with Gasteiger partial charge in [-0.15, -0.1) is 0 Å². The normalized spacial score (nSPS) is 11.2. The van der Waals surface area contributed by atoms with E-state index in [-0.39, 0.29) is 0 Å². The summed E-state index contributed by atoms with van der Waals surface area (Å²) in [6.45, 7) is 5.10. The Labute approximate surface area is 113 Å². The van der Waals surface area contributed by atoms with Crippen LogP contribution in [0.15, 0.2) is 30.5 Å². The lowest BCUT2D eigenvalue weighted by atomic mass is 10.1. The predicted octanol–water partition coefficient (Wildman–Crippen LogP) is 3.24. The molecule has 0 amide bonds. The number of halogens is 1. The van der Waals surface area contributed by atoms with Crippen LogP contribution in [0.3, 0.4) is 0 Å². The summed E-state index contributed by atoms with van der Waals surface area (Å²) >= 11 is 5.91. The molecule has 0 aliphatic heterocycles. The summed E-state index contributed by atoms with van der Waals surface area (Å²) in [6.07, 6.45) is 2.05. The van der Waals surface area contributed by atoms with Crippen LogP contribution in [-0.4, -0.2) is 15.8 Å². The Morgan fingerprint density at radius 2 is 1.94 bits per heavy atom. The minimum atomic E-state index is 0.461. The zero-order valence-corrected chi connectivity index (χ0v) is 11.7. The number of hydrogen-bond donors (Lipinski definition) is 1. The maximum atomic E-state index is 5.91. The number of rotatable bonds is 4. The standard InChI is InChI=1S/C14H18ClN3/c1-10(2)16-8-12-9-18(3)17-14(12)11-4-6-13(15)7-5-11/h4-7,9-10,16H,8H2,1-3H3. The molecule has 1 aromatic carbocycles. The van der Waals surface area contributed by atoms with E-state index in [1.807, 2.05) is 36.0 Å². The highest BCUT2D eigenvalue weighted by Crippen LogP contribution is 2.23. The fraction of sp³-hybridized carbons (Fsp3) is 0.357. The average Bonchev–Trinajstić information content (AvgIpc) is 2.69. The Kier molecular flexibility index (Phi) is 4.04. The summed E-state index contributed by atoms with van der Waals surface area (Å²) in [5.74, 6) is 0. The van der Waals surface area contributed by atoms with Gasteiger partial charge in [-0.25, -0.2) is 0 Å². The molecule has 0 fully saturated rings. The molecule has 0 unspecified atom stereocenters. The number of nitrogens with one attached hydrogen (secondary N) is 1. The second-order valence-corrected chi connectivity index (χ2v) is 5.16. The molecule has 0 saturated heterocycles. The Bertz CT molecular complexity index is 514. The predicted molar refractivity (Wildman–Crippen MR) is 75.6 cm³/mol. The van der Waals surface area contributed by atoms with Crippen molar-refractivity contribution in [1.82, 2.24) is 15.1 Å². The third-order valence-electron chi connectivity index (χ3n) is 2.72. The van der Waals surface area contributed by atoms with Gasteiger partial charge >= 0.3 is 0 Å². The molecule has 0 spiro atoms. The fourth-order valence-corrected chi connectivity index (χ4v) is 1.96. The number of aryl methyl sites for hydroxylation is 1. The first kappa shape index (κ1) is 13.1. The van der Waals surface area contributed by atoms with Crippen molar-refractivity contribution in [3.63, 3.8) is 0 Å². The molecular formula is C14H18ClN3. The van der Waals surface area contributed by atoms with Gasteiger partial charge in [0, 0.05) is 42.0 Å². The van der Waals surface area contributed by atoms with Crippen LogP contribution in [0.1, 0.15) is 19.4 Å². The van der Waals surface area contributed by atoms with E-state index in [9.17, 15) is 0 Å². The molecule has 2 aromatic rings. The SMILES string of the molecule is CC(C)NCc1cn(C)nc1-c1ccc(Cl)cc1. The quantitative estimate of drug-likeness (QED) is 0.918. The zero-order valence-electron chi connectivity index (χ0n) is 10.9. The lowest BCUT2D eigenvalue weighted by Crippen LogP contribution is -2.21. The first-order valence-corrected chi connectivity index (χ1v) is 6.46. The van der Waals surface area contributed by atoms with Gasteiger partial charge in [0.15, 0.2) is 0 Å². The van der Waals surface area contributed by atoms with Crippen LogP contribution < -0.4 is 5.32 Å². The van der Waals surface area contributed by atoms with E-state index in [1.165, 1.54) is 5.56 Å². The van der Waals surface area contributed by atoms with E-state index in [0.29, 0.717) is 6.04 Å². The Hall–Kier alpha value is -1.32. The summed E-state index contributed by atoms with van der Waals surface area (Å²) < 4.78 is 1.85. The number of nitrogens with zero attached hydrogens (tertiary/aromatic N) is 2. The summed E-state index contributed by atoms with van der Waals surface area (Å²) in [6, 6.07) is 8.26. The van der Waals surface area contributed by atoms with Crippen molar-refractivity contribution in [3.8, 4) is 11.3 Å². The van der Waals surface area contributed by atoms with Gasteiger partial charge in [0.2, 0.25) is 0 Å². The lowest BCUT2D eigenvalue weighted by molar-refractivity contribution is 0.589. The molecule has 1 heterocycles. The van der Waals surface area contributed by atoms with Crippen LogP contribution in [0.5, 0.6) is 0 Å². The van der Waals surface area contributed by atoms with E-state index < -0.39 is 0 Å². The fourth-order valence-electron chi connectivity index (χ4n) is 1.83. The van der Waals surface area contributed by atoms with Gasteiger partial charge in [-0.1, -0.05) is 37.6 Å². The number of aromatic nitrogens is 2. The Balaban J connectivity index is 2.29. The van der Waals surface area contributed by atoms with Gasteiger partial charge in [0.05, 0.1) is 5.69 Å². The zero-order chi connectivity index (χ0) is 13.1. The van der Waals surface area contributed by atoms with Crippen molar-refractivity contribution in [2.75, 3.05) is 0 Å². The van der Waals surface area contributed by atoms with E-state index in [1.54, 1.807) is 0 Å². The summed E-state index contributed by atoms with van der Waals surface area (Å²) in [7, 11) is 1.94. The minimum absolute atomic E-state index is 0.461. The minimum Gasteiger partial charge on any atom is -0.310 e. The van der Waals surface area contributed by atoms with Crippen molar-refractivity contribution in [1.29, 1.82) is 0 Å². The third-order valence-corrected chi connectivity index (χ3v) is 2.97. The molecule has 0 bridgehead atoms. The van der Waals surface area contributed by atoms with E-state index in [0.717, 1.165) is 22.8 Å². The first-order valence-electron chi connectivity index (χ1n) is 6.08. The maximum Gasteiger partial charge on any atom is 0.0968 e. The van der Waals surface area contributed by atoms with E-state index in [2.05, 4.69) is 30.5 Å². The van der Waals surface area contributed by atoms with Crippen molar-refractivity contribution >= 4 is 11.6 Å². The van der Waals surface area contributed by atoms with Crippen LogP contribution in [0.2, 0.25) is 5.02 Å². The molecule has 0 aliphatic carbocycles. The van der Waals surface area contributed by atoms with Crippen LogP contribution in [0, 0.1) is 0 Å². The van der Waals surface area contributed by atoms with Gasteiger partial charge in [0.1, 0.15) is 0 Å². The second-order valence-electron chi connectivity index (χ2n) is 4.72. The Morgan fingerprint density at radius 1 is 1.28 bits per heavy atom. The van der Waals surface area contributed by atoms with Gasteiger partial charge in [-0.2, -0.15) is 5.10 Å². The van der Waals surface area contributed by atoms with Crippen molar-refractivity contribution in [3.05, 3.63) is 41.0 Å². The topological polar surface area (TPSA) is 29.9 Å². The molecule has 18 heavy (non-hydrogen) atoms. The van der Waals surface area contributed by atoms with Crippen LogP contribution in [-0.2, 0) is 13.6 Å². The smallest absolute Gasteiger partial charge is 0.0968 e. The molecule has 2 rings (SSSR count). The molecule has 3 nitrogen and oxygen atoms in total. The number of hydrogen-bond acceptors (Lipinski definition) is 2. The van der Waals surface area contributed by atoms with Gasteiger partial charge < -0.3 is 5.32 Å². The Morgan fingerprint density at radius 3 is 2.56 bits per heavy atom. The van der Waals surface area contributed by atoms with E-state index in [4.69, 9.17) is 11.6 Å². The van der Waals surface area contributed by atoms with Gasteiger partial charge in [-0.3, -0.25) is 4.68 Å². The van der Waals surface area contributed by atoms with E-state index >= 15 is 0 Å². The number of benzene rings is 1. The molecule has 1 N–H and O–H groups in total. The molecule has 4 heteroatoms. The molecular weight excluding hydrogens is 246 g/mol. The lowest BCUT2D eigenvalue weighted by Gasteiger charge is -2.08. The van der Waals surface area contributed by atoms with Crippen LogP contribution in [0.25, 0.3) is 11.3 Å². The highest BCUT2D eigenvalue weighted by atomic mass is 35.5. The van der Waals surface area contributed by atoms with Crippen LogP contribution >= 0.6 is 11.6 Å². The molecule has 0 atom stereocenters. The monoisotopic (exact) mass is 263 g/mol. The highest BCUT2D eigenvalue weighted by Gasteiger charge is 2.10. The molecule has 96 valence electrons. The summed E-state index contributed by atoms with van der Waals surface area (Å²) in [5, 5.41) is 8.69. The highest BCUT2D eigenvalue weighted by molar-refractivity contribution is 6.30. The third kappa shape index (κ3) is 3.12. The first-order chi connectivity index (χ1) is 8.56. The molecule has 0 aliphatic rings. The molecule has 1 aromatic heterocycles. The second kappa shape index (κ2) is 5.55. The van der Waals surface area contributed by atoms with Crippen molar-refractivity contribution < 1.29 is 0 Å². The van der Waals surface area contributed by atoms with Crippen LogP contribution in [0.4, 0.5) is 0 Å². The largest absolute Gasteiger partial charge is 0.310 e. The summed E-state index contributed by atoms with van der Waals surface area (Å²) in [5.41, 5.74) is 3.32. The van der Waals surface area contributed by atoms with Crippen molar-refractivity contribution in [2.45, 2.75) is 26.4 Å². The molecule has 0 saturated carbocycles. The van der Waals surface area contributed by atoms with Gasteiger partial charge in [-0.05, 0) is 12.1 Å².